The van der Waals surface area contributed by atoms with Crippen LogP contribution in [0.3, 0.4) is 0 Å². The Morgan fingerprint density at radius 2 is 1.90 bits per heavy atom. The summed E-state index contributed by atoms with van der Waals surface area (Å²) in [6.07, 6.45) is -4.11. The maximum atomic E-state index is 11.6. The van der Waals surface area contributed by atoms with E-state index in [4.69, 9.17) is 5.11 Å². The molecule has 0 aliphatic heterocycles. The van der Waals surface area contributed by atoms with Crippen LogP contribution >= 0.6 is 0 Å². The molecule has 0 aliphatic carbocycles. The molecule has 0 spiro atoms. The van der Waals surface area contributed by atoms with E-state index in [0.717, 1.165) is 19.2 Å². The fourth-order valence-electron chi connectivity index (χ4n) is 1.72. The minimum Gasteiger partial charge on any atom is -0.479 e. The van der Waals surface area contributed by atoms with Crippen LogP contribution in [0, 0.1) is 17.0 Å². The number of carboxylic acid groups (broad SMARTS) is 1. The molecule has 0 radical (unpaired) electrons. The van der Waals surface area contributed by atoms with Crippen molar-refractivity contribution in [2.24, 2.45) is 0 Å². The number of nitrogens with zero attached hydrogens (tertiary/aromatic N) is 1. The van der Waals surface area contributed by atoms with Gasteiger partial charge in [-0.05, 0) is 18.6 Å². The van der Waals surface area contributed by atoms with E-state index < -0.39 is 34.8 Å². The first kappa shape index (κ1) is 16.5. The van der Waals surface area contributed by atoms with E-state index in [2.05, 4.69) is 4.74 Å². The maximum absolute atomic E-state index is 11.6. The van der Waals surface area contributed by atoms with Gasteiger partial charge in [-0.2, -0.15) is 0 Å². The Kier molecular flexibility index (Phi) is 4.95. The van der Waals surface area contributed by atoms with Gasteiger partial charge >= 0.3 is 11.9 Å². The minimum absolute atomic E-state index is 0.00705. The topological polar surface area (TPSA) is 147 Å². The molecule has 3 N–H and O–H groups in total. The third kappa shape index (κ3) is 3.33. The van der Waals surface area contributed by atoms with Gasteiger partial charge in [0.1, 0.15) is 6.10 Å². The fraction of sp³-hybridized carbons (Fsp3) is 0.333. The van der Waals surface area contributed by atoms with Crippen molar-refractivity contribution in [3.63, 3.8) is 0 Å². The lowest BCUT2D eigenvalue weighted by molar-refractivity contribution is -0.385. The zero-order chi connectivity index (χ0) is 16.3. The molecule has 114 valence electrons. The smallest absolute Gasteiger partial charge is 0.338 e. The Hall–Kier alpha value is -2.52. The van der Waals surface area contributed by atoms with Crippen molar-refractivity contribution in [1.29, 1.82) is 0 Å². The average Bonchev–Trinajstić information content (AvgIpc) is 2.44. The first-order valence-corrected chi connectivity index (χ1v) is 5.66. The summed E-state index contributed by atoms with van der Waals surface area (Å²) < 4.78 is 4.47. The van der Waals surface area contributed by atoms with Crippen molar-refractivity contribution in [2.45, 2.75) is 19.1 Å². The summed E-state index contributed by atoms with van der Waals surface area (Å²) in [5.41, 5.74) is -0.960. The Labute approximate surface area is 118 Å². The number of esters is 1. The number of aliphatic carboxylic acids is 1. The number of aliphatic hydroxyl groups is 2. The van der Waals surface area contributed by atoms with Gasteiger partial charge in [-0.15, -0.1) is 0 Å². The second-order valence-electron chi connectivity index (χ2n) is 4.19. The van der Waals surface area contributed by atoms with Crippen LogP contribution in [0.2, 0.25) is 0 Å². The van der Waals surface area contributed by atoms with Gasteiger partial charge in [0.05, 0.1) is 17.6 Å². The van der Waals surface area contributed by atoms with Crippen LogP contribution in [0.5, 0.6) is 0 Å². The molecule has 21 heavy (non-hydrogen) atoms. The summed E-state index contributed by atoms with van der Waals surface area (Å²) in [5, 5.41) is 38.6. The molecule has 0 fully saturated rings. The molecular weight excluding hydrogens is 286 g/mol. The Balaban J connectivity index is 3.47. The van der Waals surface area contributed by atoms with Crippen molar-refractivity contribution >= 4 is 17.6 Å². The standard InChI is InChI=1S/C12H13NO8/c1-5-7(12(18)21-2)3-6(4-8(5)13(19)20)9(14)10(15)11(16)17/h3-4,9-10,14-15H,1-2H3,(H,16,17). The van der Waals surface area contributed by atoms with E-state index in [1.165, 1.54) is 6.92 Å². The summed E-state index contributed by atoms with van der Waals surface area (Å²) in [7, 11) is 1.07. The molecule has 2 atom stereocenters. The molecule has 1 aromatic carbocycles. The van der Waals surface area contributed by atoms with Crippen LogP contribution in [0.25, 0.3) is 0 Å². The quantitative estimate of drug-likeness (QED) is 0.396. The Bertz CT molecular complexity index is 597. The number of nitro benzene ring substituents is 1. The average molecular weight is 299 g/mol. The van der Waals surface area contributed by atoms with Crippen molar-refractivity contribution in [2.75, 3.05) is 7.11 Å². The van der Waals surface area contributed by atoms with Crippen molar-refractivity contribution in [1.82, 2.24) is 0 Å². The maximum Gasteiger partial charge on any atom is 0.338 e. The minimum atomic E-state index is -2.18. The molecule has 1 rings (SSSR count). The Morgan fingerprint density at radius 3 is 2.33 bits per heavy atom. The van der Waals surface area contributed by atoms with E-state index in [-0.39, 0.29) is 16.7 Å². The highest BCUT2D eigenvalue weighted by molar-refractivity contribution is 5.92. The fourth-order valence-corrected chi connectivity index (χ4v) is 1.72. The van der Waals surface area contributed by atoms with Gasteiger partial charge in [0, 0.05) is 11.6 Å². The van der Waals surface area contributed by atoms with Gasteiger partial charge < -0.3 is 20.1 Å². The first-order chi connectivity index (χ1) is 9.70. The molecule has 9 heteroatoms. The molecule has 0 saturated heterocycles. The summed E-state index contributed by atoms with van der Waals surface area (Å²) in [4.78, 5) is 32.4. The van der Waals surface area contributed by atoms with E-state index in [0.29, 0.717) is 0 Å². The van der Waals surface area contributed by atoms with Gasteiger partial charge in [-0.3, -0.25) is 10.1 Å². The van der Waals surface area contributed by atoms with Crippen LogP contribution in [-0.2, 0) is 9.53 Å². The number of carbonyl (C=O) groups excluding carboxylic acids is 1. The lowest BCUT2D eigenvalue weighted by Crippen LogP contribution is -2.27. The molecule has 0 bridgehead atoms. The predicted molar refractivity (Wildman–Crippen MR) is 67.8 cm³/mol. The number of ether oxygens (including phenoxy) is 1. The number of rotatable bonds is 5. The number of carboxylic acids is 1. The van der Waals surface area contributed by atoms with E-state index in [1.807, 2.05) is 0 Å². The van der Waals surface area contributed by atoms with Gasteiger partial charge in [-0.25, -0.2) is 9.59 Å². The van der Waals surface area contributed by atoms with Gasteiger partial charge in [0.25, 0.3) is 5.69 Å². The van der Waals surface area contributed by atoms with Gasteiger partial charge in [-0.1, -0.05) is 0 Å². The molecule has 2 unspecified atom stereocenters. The molecule has 0 amide bonds. The van der Waals surface area contributed by atoms with Gasteiger partial charge in [0.15, 0.2) is 6.10 Å². The summed E-state index contributed by atoms with van der Waals surface area (Å²) in [5.74, 6) is -2.58. The second kappa shape index (κ2) is 6.29. The number of benzene rings is 1. The number of hydrogen-bond acceptors (Lipinski definition) is 7. The summed E-state index contributed by atoms with van der Waals surface area (Å²) >= 11 is 0. The SMILES string of the molecule is COC(=O)c1cc(C(O)C(O)C(=O)O)cc([N+](=O)[O-])c1C. The third-order valence-electron chi connectivity index (χ3n) is 2.90. The normalized spacial score (nSPS) is 13.3. The lowest BCUT2D eigenvalue weighted by Gasteiger charge is -2.16. The zero-order valence-electron chi connectivity index (χ0n) is 11.1. The van der Waals surface area contributed by atoms with Gasteiger partial charge in [0.2, 0.25) is 0 Å². The van der Waals surface area contributed by atoms with Crippen molar-refractivity contribution < 1.29 is 34.6 Å². The molecule has 0 aromatic heterocycles. The van der Waals surface area contributed by atoms with E-state index >= 15 is 0 Å². The number of hydrogen-bond donors (Lipinski definition) is 3. The largest absolute Gasteiger partial charge is 0.479 e. The van der Waals surface area contributed by atoms with Crippen LogP contribution in [-0.4, -0.2) is 45.4 Å². The van der Waals surface area contributed by atoms with Crippen LogP contribution in [0.4, 0.5) is 5.69 Å². The molecule has 0 heterocycles. The lowest BCUT2D eigenvalue weighted by atomic mass is 9.97. The molecule has 9 nitrogen and oxygen atoms in total. The van der Waals surface area contributed by atoms with Crippen LogP contribution in [0.1, 0.15) is 27.6 Å². The number of carbonyl (C=O) groups is 2. The van der Waals surface area contributed by atoms with Crippen LogP contribution < -0.4 is 0 Å². The van der Waals surface area contributed by atoms with E-state index in [1.54, 1.807) is 0 Å². The van der Waals surface area contributed by atoms with E-state index in [9.17, 15) is 29.9 Å². The molecular formula is C12H13NO8. The number of nitro groups is 1. The second-order valence-corrected chi connectivity index (χ2v) is 4.19. The zero-order valence-corrected chi connectivity index (χ0v) is 11.1. The summed E-state index contributed by atoms with van der Waals surface area (Å²) in [6, 6.07) is 1.95. The molecule has 0 aliphatic rings. The highest BCUT2D eigenvalue weighted by Gasteiger charge is 2.29. The number of aliphatic hydroxyl groups excluding tert-OH is 2. The highest BCUT2D eigenvalue weighted by atomic mass is 16.6. The predicted octanol–water partition coefficient (Wildman–Crippen LogP) is 0.169. The highest BCUT2D eigenvalue weighted by Crippen LogP contribution is 2.29. The van der Waals surface area contributed by atoms with Crippen molar-refractivity contribution in [3.8, 4) is 0 Å². The number of methoxy groups -OCH3 is 1. The molecule has 0 saturated carbocycles. The molecule has 1 aromatic rings. The third-order valence-corrected chi connectivity index (χ3v) is 2.90. The van der Waals surface area contributed by atoms with Crippen LogP contribution in [0.15, 0.2) is 12.1 Å². The summed E-state index contributed by atoms with van der Waals surface area (Å²) in [6.45, 7) is 1.31. The van der Waals surface area contributed by atoms with Crippen molar-refractivity contribution in [3.05, 3.63) is 38.9 Å². The monoisotopic (exact) mass is 299 g/mol. The Morgan fingerprint density at radius 1 is 1.33 bits per heavy atom. The first-order valence-electron chi connectivity index (χ1n) is 5.66.